The van der Waals surface area contributed by atoms with Crippen molar-refractivity contribution in [3.05, 3.63) is 30.0 Å². The van der Waals surface area contributed by atoms with Crippen molar-refractivity contribution in [2.45, 2.75) is 26.3 Å². The first-order valence-electron chi connectivity index (χ1n) is 7.26. The lowest BCUT2D eigenvalue weighted by molar-refractivity contribution is 0.192. The second-order valence-corrected chi connectivity index (χ2v) is 5.50. The molecule has 2 aromatic rings. The zero-order chi connectivity index (χ0) is 14.5. The number of para-hydroxylation sites is 1. The molecule has 4 heteroatoms. The molecule has 0 radical (unpaired) electrons. The highest BCUT2D eigenvalue weighted by molar-refractivity contribution is 5.81. The van der Waals surface area contributed by atoms with Gasteiger partial charge in [-0.1, -0.05) is 25.1 Å². The summed E-state index contributed by atoms with van der Waals surface area (Å²) in [5.41, 5.74) is 2.39. The quantitative estimate of drug-likeness (QED) is 0.789. The maximum absolute atomic E-state index is 5.07. The average Bonchev–Trinajstić information content (AvgIpc) is 2.76. The van der Waals surface area contributed by atoms with Crippen molar-refractivity contribution in [1.29, 1.82) is 0 Å². The van der Waals surface area contributed by atoms with Crippen molar-refractivity contribution in [3.63, 3.8) is 0 Å². The summed E-state index contributed by atoms with van der Waals surface area (Å²) >= 11 is 0. The third-order valence-electron chi connectivity index (χ3n) is 3.98. The number of fused-ring (bicyclic) bond motifs is 1. The summed E-state index contributed by atoms with van der Waals surface area (Å²) < 4.78 is 7.05. The minimum atomic E-state index is 0.450. The van der Waals surface area contributed by atoms with Gasteiger partial charge >= 0.3 is 0 Å². The monoisotopic (exact) mass is 275 g/mol. The van der Waals surface area contributed by atoms with E-state index >= 15 is 0 Å². The number of ether oxygens (including phenoxy) is 1. The zero-order valence-electron chi connectivity index (χ0n) is 12.9. The molecule has 0 spiro atoms. The molecule has 0 aliphatic heterocycles. The first kappa shape index (κ1) is 15.0. The number of aryl methyl sites for hydroxylation is 1. The first-order chi connectivity index (χ1) is 9.63. The number of benzene rings is 1. The van der Waals surface area contributed by atoms with E-state index in [0.29, 0.717) is 12.0 Å². The van der Waals surface area contributed by atoms with Crippen LogP contribution in [0.15, 0.2) is 24.3 Å². The minimum Gasteiger partial charge on any atom is -0.383 e. The highest BCUT2D eigenvalue weighted by Gasteiger charge is 2.16. The third kappa shape index (κ3) is 3.38. The van der Waals surface area contributed by atoms with Gasteiger partial charge in [0.15, 0.2) is 0 Å². The van der Waals surface area contributed by atoms with Gasteiger partial charge in [-0.3, -0.25) is 4.68 Å². The van der Waals surface area contributed by atoms with Gasteiger partial charge in [-0.15, -0.1) is 0 Å². The fraction of sp³-hybridized carbons (Fsp3) is 0.562. The summed E-state index contributed by atoms with van der Waals surface area (Å²) in [7, 11) is 3.74. The van der Waals surface area contributed by atoms with Crippen LogP contribution < -0.4 is 5.32 Å². The van der Waals surface area contributed by atoms with Crippen molar-refractivity contribution >= 4 is 10.9 Å². The van der Waals surface area contributed by atoms with E-state index in [4.69, 9.17) is 4.74 Å². The van der Waals surface area contributed by atoms with Crippen LogP contribution in [0, 0.1) is 5.92 Å². The smallest absolute Gasteiger partial charge is 0.0706 e. The molecule has 4 nitrogen and oxygen atoms in total. The largest absolute Gasteiger partial charge is 0.383 e. The molecular weight excluding hydrogens is 250 g/mol. The number of hydrogen-bond acceptors (Lipinski definition) is 3. The fourth-order valence-corrected chi connectivity index (χ4v) is 2.51. The van der Waals surface area contributed by atoms with Crippen LogP contribution in [-0.4, -0.2) is 36.1 Å². The molecule has 1 heterocycles. The second kappa shape index (κ2) is 6.86. The molecule has 0 bridgehead atoms. The molecule has 2 unspecified atom stereocenters. The summed E-state index contributed by atoms with van der Waals surface area (Å²) in [6.07, 6.45) is 0.989. The Morgan fingerprint density at radius 2 is 2.05 bits per heavy atom. The molecule has 1 N–H and O–H groups in total. The van der Waals surface area contributed by atoms with Gasteiger partial charge in [0, 0.05) is 32.1 Å². The molecule has 0 aliphatic carbocycles. The van der Waals surface area contributed by atoms with E-state index in [1.165, 1.54) is 16.6 Å². The highest BCUT2D eigenvalue weighted by Crippen LogP contribution is 2.21. The van der Waals surface area contributed by atoms with Gasteiger partial charge in [0.25, 0.3) is 0 Å². The van der Waals surface area contributed by atoms with Crippen LogP contribution in [-0.2, 0) is 18.2 Å². The van der Waals surface area contributed by atoms with Gasteiger partial charge < -0.3 is 10.1 Å². The average molecular weight is 275 g/mol. The Hall–Kier alpha value is -1.39. The molecule has 110 valence electrons. The van der Waals surface area contributed by atoms with Gasteiger partial charge in [0.1, 0.15) is 0 Å². The lowest BCUT2D eigenvalue weighted by Crippen LogP contribution is -2.35. The fourth-order valence-electron chi connectivity index (χ4n) is 2.51. The summed E-state index contributed by atoms with van der Waals surface area (Å²) in [5, 5.41) is 9.44. The van der Waals surface area contributed by atoms with Crippen LogP contribution in [0.3, 0.4) is 0 Å². The number of hydrogen-bond donors (Lipinski definition) is 1. The van der Waals surface area contributed by atoms with Gasteiger partial charge in [-0.2, -0.15) is 5.10 Å². The van der Waals surface area contributed by atoms with Crippen LogP contribution in [0.25, 0.3) is 10.9 Å². The molecule has 2 atom stereocenters. The topological polar surface area (TPSA) is 39.1 Å². The predicted molar refractivity (Wildman–Crippen MR) is 82.9 cm³/mol. The SMILES string of the molecule is COCCNC(C)C(C)Cc1nn(C)c2ccccc12. The lowest BCUT2D eigenvalue weighted by Gasteiger charge is -2.20. The third-order valence-corrected chi connectivity index (χ3v) is 3.98. The molecule has 0 amide bonds. The van der Waals surface area contributed by atoms with E-state index in [2.05, 4.69) is 48.5 Å². The molecule has 1 aromatic heterocycles. The van der Waals surface area contributed by atoms with E-state index in [1.807, 2.05) is 11.7 Å². The molecule has 0 fully saturated rings. The van der Waals surface area contributed by atoms with Crippen molar-refractivity contribution < 1.29 is 4.74 Å². The van der Waals surface area contributed by atoms with Crippen LogP contribution in [0.4, 0.5) is 0 Å². The maximum Gasteiger partial charge on any atom is 0.0706 e. The van der Waals surface area contributed by atoms with Gasteiger partial charge in [-0.05, 0) is 25.3 Å². The Balaban J connectivity index is 2.04. The van der Waals surface area contributed by atoms with Gasteiger partial charge in [0.2, 0.25) is 0 Å². The van der Waals surface area contributed by atoms with E-state index in [-0.39, 0.29) is 0 Å². The van der Waals surface area contributed by atoms with Crippen molar-refractivity contribution in [2.75, 3.05) is 20.3 Å². The van der Waals surface area contributed by atoms with E-state index in [0.717, 1.165) is 19.6 Å². The van der Waals surface area contributed by atoms with Crippen molar-refractivity contribution in [2.24, 2.45) is 13.0 Å². The number of methoxy groups -OCH3 is 1. The number of rotatable bonds is 7. The van der Waals surface area contributed by atoms with Crippen molar-refractivity contribution in [3.8, 4) is 0 Å². The lowest BCUT2D eigenvalue weighted by atomic mass is 9.96. The molecule has 2 rings (SSSR count). The second-order valence-electron chi connectivity index (χ2n) is 5.50. The standard InChI is InChI=1S/C16H25N3O/c1-12(13(2)17-9-10-20-4)11-15-14-7-5-6-8-16(14)19(3)18-15/h5-8,12-13,17H,9-11H2,1-4H3. The Bertz CT molecular complexity index is 550. The molecule has 0 saturated heterocycles. The molecule has 1 aromatic carbocycles. The summed E-state index contributed by atoms with van der Waals surface area (Å²) in [5.74, 6) is 0.533. The Labute approximate surface area is 121 Å². The van der Waals surface area contributed by atoms with Crippen molar-refractivity contribution in [1.82, 2.24) is 15.1 Å². The predicted octanol–water partition coefficient (Wildman–Crippen LogP) is 2.38. The minimum absolute atomic E-state index is 0.450. The number of nitrogens with zero attached hydrogens (tertiary/aromatic N) is 2. The molecule has 0 saturated carbocycles. The Morgan fingerprint density at radius 3 is 2.80 bits per heavy atom. The molecular formula is C16H25N3O. The van der Waals surface area contributed by atoms with E-state index < -0.39 is 0 Å². The Morgan fingerprint density at radius 1 is 1.30 bits per heavy atom. The normalized spacial score (nSPS) is 14.6. The highest BCUT2D eigenvalue weighted by atomic mass is 16.5. The Kier molecular flexibility index (Phi) is 5.15. The van der Waals surface area contributed by atoms with E-state index in [1.54, 1.807) is 7.11 Å². The summed E-state index contributed by atoms with van der Waals surface area (Å²) in [6, 6.07) is 8.88. The van der Waals surface area contributed by atoms with Crippen LogP contribution in [0.5, 0.6) is 0 Å². The number of nitrogens with one attached hydrogen (secondary N) is 1. The molecule has 0 aliphatic rings. The van der Waals surface area contributed by atoms with Crippen LogP contribution in [0.1, 0.15) is 19.5 Å². The van der Waals surface area contributed by atoms with E-state index in [9.17, 15) is 0 Å². The summed E-state index contributed by atoms with van der Waals surface area (Å²) in [6.45, 7) is 6.15. The van der Waals surface area contributed by atoms with Gasteiger partial charge in [-0.25, -0.2) is 0 Å². The van der Waals surface area contributed by atoms with Gasteiger partial charge in [0.05, 0.1) is 17.8 Å². The number of aromatic nitrogens is 2. The van der Waals surface area contributed by atoms with Crippen LogP contribution >= 0.6 is 0 Å². The zero-order valence-corrected chi connectivity index (χ0v) is 12.9. The molecule has 20 heavy (non-hydrogen) atoms. The summed E-state index contributed by atoms with van der Waals surface area (Å²) in [4.78, 5) is 0. The first-order valence-corrected chi connectivity index (χ1v) is 7.26. The van der Waals surface area contributed by atoms with Crippen LogP contribution in [0.2, 0.25) is 0 Å². The maximum atomic E-state index is 5.07.